The molecular formula is C14H10Br2O2. The molecule has 4 heteroatoms. The van der Waals surface area contributed by atoms with Crippen LogP contribution in [-0.2, 0) is 6.61 Å². The molecule has 0 heterocycles. The first-order valence-corrected chi connectivity index (χ1v) is 6.90. The Morgan fingerprint density at radius 1 is 1.06 bits per heavy atom. The summed E-state index contributed by atoms with van der Waals surface area (Å²) in [5.41, 5.74) is 1.65. The molecule has 0 aliphatic rings. The monoisotopic (exact) mass is 368 g/mol. The third-order valence-corrected chi connectivity index (χ3v) is 3.94. The van der Waals surface area contributed by atoms with Crippen LogP contribution >= 0.6 is 31.9 Å². The van der Waals surface area contributed by atoms with Crippen molar-refractivity contribution < 1.29 is 9.53 Å². The van der Waals surface area contributed by atoms with Gasteiger partial charge in [-0.1, -0.05) is 50.1 Å². The van der Waals surface area contributed by atoms with Crippen LogP contribution in [0.5, 0.6) is 5.75 Å². The van der Waals surface area contributed by atoms with Crippen molar-refractivity contribution in [1.29, 1.82) is 0 Å². The molecule has 0 aliphatic heterocycles. The molecule has 92 valence electrons. The second-order valence-corrected chi connectivity index (χ2v) is 5.39. The van der Waals surface area contributed by atoms with E-state index >= 15 is 0 Å². The highest BCUT2D eigenvalue weighted by molar-refractivity contribution is 9.10. The van der Waals surface area contributed by atoms with Gasteiger partial charge in [0.1, 0.15) is 12.4 Å². The Labute approximate surface area is 122 Å². The van der Waals surface area contributed by atoms with E-state index in [0.717, 1.165) is 20.8 Å². The van der Waals surface area contributed by atoms with E-state index in [1.807, 2.05) is 30.3 Å². The van der Waals surface area contributed by atoms with Gasteiger partial charge in [0.15, 0.2) is 6.29 Å². The summed E-state index contributed by atoms with van der Waals surface area (Å²) in [7, 11) is 0. The highest BCUT2D eigenvalue weighted by atomic mass is 79.9. The normalized spacial score (nSPS) is 10.1. The van der Waals surface area contributed by atoms with Gasteiger partial charge in [-0.05, 0) is 24.3 Å². The lowest BCUT2D eigenvalue weighted by Crippen LogP contribution is -1.97. The molecule has 0 fully saturated rings. The molecule has 0 spiro atoms. The maximum Gasteiger partial charge on any atom is 0.151 e. The number of hydrogen-bond acceptors (Lipinski definition) is 2. The summed E-state index contributed by atoms with van der Waals surface area (Å²) in [6.07, 6.45) is 0.801. The van der Waals surface area contributed by atoms with E-state index in [2.05, 4.69) is 31.9 Å². The van der Waals surface area contributed by atoms with Gasteiger partial charge >= 0.3 is 0 Å². The molecule has 0 radical (unpaired) electrons. The fraction of sp³-hybridized carbons (Fsp3) is 0.0714. The zero-order valence-electron chi connectivity index (χ0n) is 9.40. The highest BCUT2D eigenvalue weighted by Crippen LogP contribution is 2.23. The number of benzene rings is 2. The van der Waals surface area contributed by atoms with Crippen molar-refractivity contribution in [3.8, 4) is 5.75 Å². The number of carbonyl (C=O) groups excluding carboxylic acids is 1. The summed E-state index contributed by atoms with van der Waals surface area (Å²) < 4.78 is 7.44. The summed E-state index contributed by atoms with van der Waals surface area (Å²) in [6.45, 7) is 0.460. The molecular weight excluding hydrogens is 360 g/mol. The molecule has 0 aromatic heterocycles. The van der Waals surface area contributed by atoms with Gasteiger partial charge in [0.05, 0.1) is 0 Å². The summed E-state index contributed by atoms with van der Waals surface area (Å²) in [6, 6.07) is 13.2. The van der Waals surface area contributed by atoms with Gasteiger partial charge in [0.2, 0.25) is 0 Å². The lowest BCUT2D eigenvalue weighted by Gasteiger charge is -2.08. The molecule has 2 aromatic rings. The summed E-state index contributed by atoms with van der Waals surface area (Å²) in [4.78, 5) is 10.8. The maximum atomic E-state index is 10.8. The van der Waals surface area contributed by atoms with Gasteiger partial charge in [-0.25, -0.2) is 0 Å². The minimum absolute atomic E-state index is 0.460. The number of halogens is 2. The van der Waals surface area contributed by atoms with Gasteiger partial charge in [-0.15, -0.1) is 0 Å². The van der Waals surface area contributed by atoms with E-state index in [1.165, 1.54) is 0 Å². The minimum Gasteiger partial charge on any atom is -0.489 e. The van der Waals surface area contributed by atoms with E-state index in [-0.39, 0.29) is 0 Å². The first-order valence-electron chi connectivity index (χ1n) is 5.31. The Kier molecular flexibility index (Phi) is 4.55. The largest absolute Gasteiger partial charge is 0.489 e. The van der Waals surface area contributed by atoms with Crippen molar-refractivity contribution >= 4 is 38.1 Å². The van der Waals surface area contributed by atoms with Crippen molar-refractivity contribution in [2.75, 3.05) is 0 Å². The average Bonchev–Trinajstić information content (AvgIpc) is 2.39. The summed E-state index contributed by atoms with van der Waals surface area (Å²) >= 11 is 6.77. The van der Waals surface area contributed by atoms with Gasteiger partial charge in [-0.3, -0.25) is 4.79 Å². The van der Waals surface area contributed by atoms with Crippen molar-refractivity contribution in [3.63, 3.8) is 0 Å². The zero-order valence-corrected chi connectivity index (χ0v) is 12.6. The van der Waals surface area contributed by atoms with Crippen LogP contribution < -0.4 is 4.74 Å². The van der Waals surface area contributed by atoms with Crippen molar-refractivity contribution in [2.45, 2.75) is 6.61 Å². The van der Waals surface area contributed by atoms with Crippen LogP contribution in [0.4, 0.5) is 0 Å². The minimum atomic E-state index is 0.460. The number of carbonyl (C=O) groups is 1. The number of hydrogen-bond donors (Lipinski definition) is 0. The molecule has 18 heavy (non-hydrogen) atoms. The molecule has 0 saturated carbocycles. The standard InChI is InChI=1S/C14H10Br2O2/c15-13-4-2-1-3-10(13)9-18-12-5-6-14(16)11(7-12)8-17/h1-8H,9H2. The predicted octanol–water partition coefficient (Wildman–Crippen LogP) is 4.60. The van der Waals surface area contributed by atoms with E-state index in [0.29, 0.717) is 17.9 Å². The fourth-order valence-corrected chi connectivity index (χ4v) is 2.22. The lowest BCUT2D eigenvalue weighted by atomic mass is 10.2. The molecule has 0 aliphatic carbocycles. The Hall–Kier alpha value is -1.13. The highest BCUT2D eigenvalue weighted by Gasteiger charge is 2.03. The first kappa shape index (κ1) is 13.3. The molecule has 2 rings (SSSR count). The Morgan fingerprint density at radius 2 is 1.83 bits per heavy atom. The van der Waals surface area contributed by atoms with Gasteiger partial charge in [0, 0.05) is 20.1 Å². The van der Waals surface area contributed by atoms with Crippen molar-refractivity contribution in [1.82, 2.24) is 0 Å². The quantitative estimate of drug-likeness (QED) is 0.736. The molecule has 0 atom stereocenters. The van der Waals surface area contributed by atoms with Crippen LogP contribution in [0.15, 0.2) is 51.4 Å². The Morgan fingerprint density at radius 3 is 2.56 bits per heavy atom. The molecule has 2 nitrogen and oxygen atoms in total. The topological polar surface area (TPSA) is 26.3 Å². The van der Waals surface area contributed by atoms with Crippen LogP contribution in [0.2, 0.25) is 0 Å². The predicted molar refractivity (Wildman–Crippen MR) is 78.0 cm³/mol. The third kappa shape index (κ3) is 3.21. The second-order valence-electron chi connectivity index (χ2n) is 3.68. The molecule has 0 saturated heterocycles. The van der Waals surface area contributed by atoms with Gasteiger partial charge in [-0.2, -0.15) is 0 Å². The maximum absolute atomic E-state index is 10.8. The van der Waals surface area contributed by atoms with Crippen LogP contribution in [0.1, 0.15) is 15.9 Å². The first-order chi connectivity index (χ1) is 8.70. The van der Waals surface area contributed by atoms with Crippen LogP contribution in [0.3, 0.4) is 0 Å². The van der Waals surface area contributed by atoms with E-state index in [1.54, 1.807) is 12.1 Å². The fourth-order valence-electron chi connectivity index (χ4n) is 1.48. The lowest BCUT2D eigenvalue weighted by molar-refractivity contribution is 0.112. The Balaban J connectivity index is 2.11. The van der Waals surface area contributed by atoms with E-state index < -0.39 is 0 Å². The number of rotatable bonds is 4. The van der Waals surface area contributed by atoms with Crippen LogP contribution in [-0.4, -0.2) is 6.29 Å². The summed E-state index contributed by atoms with van der Waals surface area (Å²) in [5.74, 6) is 0.677. The molecule has 0 unspecified atom stereocenters. The zero-order chi connectivity index (χ0) is 13.0. The number of aldehydes is 1. The third-order valence-electron chi connectivity index (χ3n) is 2.45. The Bertz CT molecular complexity index is 567. The van der Waals surface area contributed by atoms with Gasteiger partial charge < -0.3 is 4.74 Å². The van der Waals surface area contributed by atoms with Crippen molar-refractivity contribution in [2.24, 2.45) is 0 Å². The van der Waals surface area contributed by atoms with E-state index in [4.69, 9.17) is 4.74 Å². The summed E-state index contributed by atoms with van der Waals surface area (Å²) in [5, 5.41) is 0. The van der Waals surface area contributed by atoms with E-state index in [9.17, 15) is 4.79 Å². The smallest absolute Gasteiger partial charge is 0.151 e. The van der Waals surface area contributed by atoms with Crippen molar-refractivity contribution in [3.05, 3.63) is 62.5 Å². The molecule has 0 amide bonds. The molecule has 2 aromatic carbocycles. The average molecular weight is 370 g/mol. The van der Waals surface area contributed by atoms with Crippen LogP contribution in [0, 0.1) is 0 Å². The second kappa shape index (κ2) is 6.16. The number of ether oxygens (including phenoxy) is 1. The SMILES string of the molecule is O=Cc1cc(OCc2ccccc2Br)ccc1Br. The molecule has 0 bridgehead atoms. The van der Waals surface area contributed by atoms with Gasteiger partial charge in [0.25, 0.3) is 0 Å². The van der Waals surface area contributed by atoms with Crippen LogP contribution in [0.25, 0.3) is 0 Å². The molecule has 0 N–H and O–H groups in total.